The maximum absolute atomic E-state index is 5.78. The number of nitrogens with zero attached hydrogens (tertiary/aromatic N) is 1. The lowest BCUT2D eigenvalue weighted by atomic mass is 10.0. The zero-order chi connectivity index (χ0) is 10.7. The van der Waals surface area contributed by atoms with Gasteiger partial charge in [-0.15, -0.1) is 11.3 Å². The molecule has 1 aromatic heterocycles. The van der Waals surface area contributed by atoms with E-state index in [9.17, 15) is 0 Å². The second kappa shape index (κ2) is 5.05. The highest BCUT2D eigenvalue weighted by atomic mass is 32.1. The van der Waals surface area contributed by atoms with Gasteiger partial charge < -0.3 is 5.73 Å². The molecule has 82 valence electrons. The van der Waals surface area contributed by atoms with Crippen molar-refractivity contribution >= 4 is 28.5 Å². The molecule has 0 bridgehead atoms. The molecule has 0 amide bonds. The van der Waals surface area contributed by atoms with Gasteiger partial charge in [0.2, 0.25) is 0 Å². The van der Waals surface area contributed by atoms with Crippen molar-refractivity contribution < 1.29 is 0 Å². The van der Waals surface area contributed by atoms with Crippen molar-refractivity contribution in [2.75, 3.05) is 6.54 Å². The van der Waals surface area contributed by atoms with Crippen molar-refractivity contribution in [1.29, 1.82) is 0 Å². The van der Waals surface area contributed by atoms with Gasteiger partial charge in [-0.25, -0.2) is 0 Å². The van der Waals surface area contributed by atoms with Crippen molar-refractivity contribution in [3.63, 3.8) is 0 Å². The predicted molar refractivity (Wildman–Crippen MR) is 69.2 cm³/mol. The molecule has 2 rings (SSSR count). The van der Waals surface area contributed by atoms with Crippen molar-refractivity contribution in [1.82, 2.24) is 4.90 Å². The van der Waals surface area contributed by atoms with Crippen LogP contribution < -0.4 is 5.73 Å². The molecular weight excluding hydrogens is 224 g/mol. The summed E-state index contributed by atoms with van der Waals surface area (Å²) in [6.45, 7) is 2.12. The van der Waals surface area contributed by atoms with E-state index >= 15 is 0 Å². The monoisotopic (exact) mass is 240 g/mol. The van der Waals surface area contributed by atoms with E-state index in [1.54, 1.807) is 11.3 Å². The maximum atomic E-state index is 5.78. The third kappa shape index (κ3) is 2.77. The van der Waals surface area contributed by atoms with Crippen molar-refractivity contribution in [3.8, 4) is 0 Å². The molecule has 1 aromatic rings. The number of thiophene rings is 1. The Morgan fingerprint density at radius 1 is 1.60 bits per heavy atom. The first kappa shape index (κ1) is 11.0. The SMILES string of the molecule is NC(=S)C1CCCCN1Cc1cccs1. The van der Waals surface area contributed by atoms with E-state index < -0.39 is 0 Å². The van der Waals surface area contributed by atoms with E-state index in [1.165, 1.54) is 17.7 Å². The van der Waals surface area contributed by atoms with Crippen LogP contribution >= 0.6 is 23.6 Å². The molecular formula is C11H16N2S2. The van der Waals surface area contributed by atoms with Crippen LogP contribution in [0.1, 0.15) is 24.1 Å². The fourth-order valence-electron chi connectivity index (χ4n) is 2.11. The summed E-state index contributed by atoms with van der Waals surface area (Å²) in [5.74, 6) is 0. The standard InChI is InChI=1S/C11H16N2S2/c12-11(14)10-5-1-2-6-13(10)8-9-4-3-7-15-9/h3-4,7,10H,1-2,5-6,8H2,(H2,12,14). The summed E-state index contributed by atoms with van der Waals surface area (Å²) in [5, 5.41) is 2.12. The van der Waals surface area contributed by atoms with Crippen LogP contribution in [0.2, 0.25) is 0 Å². The Kier molecular flexibility index (Phi) is 3.72. The Hall–Kier alpha value is -0.450. The van der Waals surface area contributed by atoms with Gasteiger partial charge in [0.15, 0.2) is 0 Å². The van der Waals surface area contributed by atoms with Gasteiger partial charge in [-0.1, -0.05) is 24.7 Å². The average molecular weight is 240 g/mol. The summed E-state index contributed by atoms with van der Waals surface area (Å²) in [4.78, 5) is 4.47. The highest BCUT2D eigenvalue weighted by Crippen LogP contribution is 2.21. The molecule has 4 heteroatoms. The predicted octanol–water partition coefficient (Wildman–Crippen LogP) is 2.39. The van der Waals surface area contributed by atoms with E-state index in [4.69, 9.17) is 18.0 Å². The molecule has 1 aliphatic rings. The van der Waals surface area contributed by atoms with Gasteiger partial charge in [0.1, 0.15) is 0 Å². The summed E-state index contributed by atoms with van der Waals surface area (Å²) in [6.07, 6.45) is 3.65. The summed E-state index contributed by atoms with van der Waals surface area (Å²) >= 11 is 6.93. The van der Waals surface area contributed by atoms with Gasteiger partial charge in [-0.2, -0.15) is 0 Å². The second-order valence-corrected chi connectivity index (χ2v) is 5.47. The molecule has 0 spiro atoms. The van der Waals surface area contributed by atoms with Crippen LogP contribution in [0, 0.1) is 0 Å². The van der Waals surface area contributed by atoms with Crippen LogP contribution in [0.5, 0.6) is 0 Å². The molecule has 1 fully saturated rings. The van der Waals surface area contributed by atoms with E-state index in [0.29, 0.717) is 11.0 Å². The number of thiocarbonyl (C=S) groups is 1. The molecule has 2 N–H and O–H groups in total. The van der Waals surface area contributed by atoms with Crippen LogP contribution in [0.4, 0.5) is 0 Å². The molecule has 1 unspecified atom stereocenters. The Bertz CT molecular complexity index is 321. The maximum Gasteiger partial charge on any atom is 0.0902 e. The fraction of sp³-hybridized carbons (Fsp3) is 0.545. The topological polar surface area (TPSA) is 29.3 Å². The minimum absolute atomic E-state index is 0.316. The van der Waals surface area contributed by atoms with E-state index in [2.05, 4.69) is 22.4 Å². The third-order valence-corrected chi connectivity index (χ3v) is 4.01. The summed E-state index contributed by atoms with van der Waals surface area (Å²) in [6, 6.07) is 4.59. The number of nitrogens with two attached hydrogens (primary N) is 1. The third-order valence-electron chi connectivity index (χ3n) is 2.88. The molecule has 1 aliphatic heterocycles. The smallest absolute Gasteiger partial charge is 0.0902 e. The second-order valence-electron chi connectivity index (χ2n) is 3.96. The molecule has 0 saturated carbocycles. The molecule has 15 heavy (non-hydrogen) atoms. The van der Waals surface area contributed by atoms with Crippen LogP contribution in [0.25, 0.3) is 0 Å². The number of hydrogen-bond acceptors (Lipinski definition) is 3. The first-order chi connectivity index (χ1) is 7.27. The van der Waals surface area contributed by atoms with E-state index in [-0.39, 0.29) is 0 Å². The van der Waals surface area contributed by atoms with Gasteiger partial charge in [0.25, 0.3) is 0 Å². The minimum atomic E-state index is 0.316. The first-order valence-electron chi connectivity index (χ1n) is 5.33. The Balaban J connectivity index is 2.02. The highest BCUT2D eigenvalue weighted by Gasteiger charge is 2.24. The van der Waals surface area contributed by atoms with E-state index in [1.807, 2.05) is 0 Å². The quantitative estimate of drug-likeness (QED) is 0.823. The molecule has 2 heterocycles. The van der Waals surface area contributed by atoms with E-state index in [0.717, 1.165) is 19.5 Å². The number of hydrogen-bond donors (Lipinski definition) is 1. The van der Waals surface area contributed by atoms with Crippen LogP contribution in [-0.4, -0.2) is 22.5 Å². The number of piperidine rings is 1. The normalized spacial score (nSPS) is 22.8. The summed E-state index contributed by atoms with van der Waals surface area (Å²) in [5.41, 5.74) is 5.78. The van der Waals surface area contributed by atoms with Crippen molar-refractivity contribution in [2.45, 2.75) is 31.8 Å². The van der Waals surface area contributed by atoms with Crippen LogP contribution in [-0.2, 0) is 6.54 Å². The van der Waals surface area contributed by atoms with Crippen LogP contribution in [0.15, 0.2) is 17.5 Å². The molecule has 0 aliphatic carbocycles. The number of likely N-dealkylation sites (tertiary alicyclic amines) is 1. The van der Waals surface area contributed by atoms with Gasteiger partial charge in [0.05, 0.1) is 11.0 Å². The Morgan fingerprint density at radius 2 is 2.47 bits per heavy atom. The zero-order valence-corrected chi connectivity index (χ0v) is 10.3. The first-order valence-corrected chi connectivity index (χ1v) is 6.62. The molecule has 2 nitrogen and oxygen atoms in total. The number of rotatable bonds is 3. The average Bonchev–Trinajstić information content (AvgIpc) is 2.71. The Morgan fingerprint density at radius 3 is 3.13 bits per heavy atom. The van der Waals surface area contributed by atoms with Gasteiger partial charge >= 0.3 is 0 Å². The van der Waals surface area contributed by atoms with Crippen molar-refractivity contribution in [3.05, 3.63) is 22.4 Å². The highest BCUT2D eigenvalue weighted by molar-refractivity contribution is 7.80. The summed E-state index contributed by atoms with van der Waals surface area (Å²) < 4.78 is 0. The van der Waals surface area contributed by atoms with Crippen LogP contribution in [0.3, 0.4) is 0 Å². The largest absolute Gasteiger partial charge is 0.392 e. The van der Waals surface area contributed by atoms with Crippen molar-refractivity contribution in [2.24, 2.45) is 5.73 Å². The van der Waals surface area contributed by atoms with Gasteiger partial charge in [-0.05, 0) is 30.8 Å². The lowest BCUT2D eigenvalue weighted by molar-refractivity contribution is 0.186. The molecule has 1 saturated heterocycles. The van der Waals surface area contributed by atoms with Gasteiger partial charge in [-0.3, -0.25) is 4.90 Å². The summed E-state index contributed by atoms with van der Waals surface area (Å²) in [7, 11) is 0. The zero-order valence-electron chi connectivity index (χ0n) is 8.69. The minimum Gasteiger partial charge on any atom is -0.392 e. The lowest BCUT2D eigenvalue weighted by Crippen LogP contribution is -2.46. The molecule has 0 radical (unpaired) electrons. The lowest BCUT2D eigenvalue weighted by Gasteiger charge is -2.34. The van der Waals surface area contributed by atoms with Gasteiger partial charge in [0, 0.05) is 11.4 Å². The Labute approximate surface area is 100 Å². The molecule has 0 aromatic carbocycles. The molecule has 1 atom stereocenters. The fourth-order valence-corrected chi connectivity index (χ4v) is 3.10.